The third-order valence-electron chi connectivity index (χ3n) is 4.15. The van der Waals surface area contributed by atoms with Crippen LogP contribution >= 0.6 is 0 Å². The van der Waals surface area contributed by atoms with Gasteiger partial charge in [0.2, 0.25) is 0 Å². The minimum Gasteiger partial charge on any atom is -0.469 e. The summed E-state index contributed by atoms with van der Waals surface area (Å²) in [6, 6.07) is 0. The van der Waals surface area contributed by atoms with Gasteiger partial charge in [-0.15, -0.1) is 0 Å². The van der Waals surface area contributed by atoms with Gasteiger partial charge < -0.3 is 9.47 Å². The summed E-state index contributed by atoms with van der Waals surface area (Å²) in [5.41, 5.74) is 0. The van der Waals surface area contributed by atoms with Crippen LogP contribution in [-0.2, 0) is 14.3 Å². The molecule has 3 nitrogen and oxygen atoms in total. The number of halogens is 3. The minimum absolute atomic E-state index is 0.0357. The molecule has 1 saturated carbocycles. The Labute approximate surface area is 104 Å². The van der Waals surface area contributed by atoms with E-state index in [1.165, 1.54) is 7.11 Å². The first-order valence-corrected chi connectivity index (χ1v) is 6.10. The highest BCUT2D eigenvalue weighted by atomic mass is 19.4. The molecular weight excluding hydrogens is 249 g/mol. The predicted octanol–water partition coefficient (Wildman–Crippen LogP) is 2.40. The van der Waals surface area contributed by atoms with Crippen molar-refractivity contribution < 1.29 is 27.4 Å². The quantitative estimate of drug-likeness (QED) is 0.684. The van der Waals surface area contributed by atoms with Crippen molar-refractivity contribution in [3.63, 3.8) is 0 Å². The van der Waals surface area contributed by atoms with E-state index in [9.17, 15) is 18.0 Å². The molecule has 0 aromatic rings. The smallest absolute Gasteiger partial charge is 0.391 e. The Morgan fingerprint density at radius 3 is 2.56 bits per heavy atom. The zero-order valence-electron chi connectivity index (χ0n) is 10.4. The van der Waals surface area contributed by atoms with Crippen LogP contribution in [0.25, 0.3) is 0 Å². The number of hydrogen-bond donors (Lipinski definition) is 0. The van der Waals surface area contributed by atoms with Crippen LogP contribution in [0.2, 0.25) is 0 Å². The SMILES string of the molecule is COC(=O)C1CC(C(F)(F)F)CC2OCC(C)C21. The predicted molar refractivity (Wildman–Crippen MR) is 56.7 cm³/mol. The summed E-state index contributed by atoms with van der Waals surface area (Å²) in [7, 11) is 1.22. The Morgan fingerprint density at radius 2 is 2.00 bits per heavy atom. The molecule has 1 heterocycles. The molecule has 5 unspecified atom stereocenters. The summed E-state index contributed by atoms with van der Waals surface area (Å²) in [4.78, 5) is 11.7. The lowest BCUT2D eigenvalue weighted by molar-refractivity contribution is -0.201. The van der Waals surface area contributed by atoms with Gasteiger partial charge in [0, 0.05) is 12.5 Å². The van der Waals surface area contributed by atoms with E-state index in [4.69, 9.17) is 4.74 Å². The fourth-order valence-electron chi connectivity index (χ4n) is 3.26. The standard InChI is InChI=1S/C12H17F3O3/c1-6-5-18-9-4-7(12(13,14)15)3-8(10(6)9)11(16)17-2/h6-10H,3-5H2,1-2H3. The second-order valence-electron chi connectivity index (χ2n) is 5.27. The van der Waals surface area contributed by atoms with Crippen molar-refractivity contribution in [2.24, 2.45) is 23.7 Å². The summed E-state index contributed by atoms with van der Waals surface area (Å²) in [6.45, 7) is 2.34. The minimum atomic E-state index is -4.27. The molecule has 1 aliphatic heterocycles. The van der Waals surface area contributed by atoms with Crippen LogP contribution in [0, 0.1) is 23.7 Å². The molecule has 1 aliphatic carbocycles. The normalized spacial score (nSPS) is 40.4. The fraction of sp³-hybridized carbons (Fsp3) is 0.917. The molecule has 0 radical (unpaired) electrons. The van der Waals surface area contributed by atoms with Crippen molar-refractivity contribution in [1.29, 1.82) is 0 Å². The summed E-state index contributed by atoms with van der Waals surface area (Å²) in [5.74, 6) is -2.74. The second-order valence-corrected chi connectivity index (χ2v) is 5.27. The molecule has 18 heavy (non-hydrogen) atoms. The van der Waals surface area contributed by atoms with Gasteiger partial charge in [-0.3, -0.25) is 4.79 Å². The maximum absolute atomic E-state index is 12.8. The monoisotopic (exact) mass is 266 g/mol. The van der Waals surface area contributed by atoms with Crippen molar-refractivity contribution in [1.82, 2.24) is 0 Å². The van der Waals surface area contributed by atoms with E-state index < -0.39 is 30.1 Å². The Hall–Kier alpha value is -0.780. The van der Waals surface area contributed by atoms with Crippen molar-refractivity contribution in [2.45, 2.75) is 32.0 Å². The molecule has 0 aromatic carbocycles. The van der Waals surface area contributed by atoms with Crippen LogP contribution in [0.5, 0.6) is 0 Å². The summed E-state index contributed by atoms with van der Waals surface area (Å²) < 4.78 is 48.5. The van der Waals surface area contributed by atoms with Crippen molar-refractivity contribution in [3.05, 3.63) is 0 Å². The maximum atomic E-state index is 12.8. The molecule has 2 aliphatic rings. The van der Waals surface area contributed by atoms with E-state index in [1.54, 1.807) is 0 Å². The van der Waals surface area contributed by atoms with Gasteiger partial charge in [0.15, 0.2) is 0 Å². The number of hydrogen-bond acceptors (Lipinski definition) is 3. The number of methoxy groups -OCH3 is 1. The molecule has 0 aromatic heterocycles. The van der Waals surface area contributed by atoms with Gasteiger partial charge in [-0.1, -0.05) is 6.92 Å². The average Bonchev–Trinajstić information content (AvgIpc) is 2.68. The first kappa shape index (κ1) is 13.6. The molecule has 0 bridgehead atoms. The number of alkyl halides is 3. The zero-order valence-corrected chi connectivity index (χ0v) is 10.4. The van der Waals surface area contributed by atoms with E-state index in [1.807, 2.05) is 6.92 Å². The molecule has 1 saturated heterocycles. The molecule has 2 fully saturated rings. The molecule has 6 heteroatoms. The number of esters is 1. The van der Waals surface area contributed by atoms with Gasteiger partial charge in [0.05, 0.1) is 25.0 Å². The largest absolute Gasteiger partial charge is 0.469 e. The number of ether oxygens (including phenoxy) is 2. The highest BCUT2D eigenvalue weighted by molar-refractivity contribution is 5.73. The fourth-order valence-corrected chi connectivity index (χ4v) is 3.26. The van der Waals surface area contributed by atoms with E-state index in [0.29, 0.717) is 6.61 Å². The average molecular weight is 266 g/mol. The molecule has 0 amide bonds. The van der Waals surface area contributed by atoms with Crippen LogP contribution < -0.4 is 0 Å². The van der Waals surface area contributed by atoms with Crippen molar-refractivity contribution in [3.8, 4) is 0 Å². The van der Waals surface area contributed by atoms with Gasteiger partial charge in [0.1, 0.15) is 0 Å². The molecule has 0 spiro atoms. The van der Waals surface area contributed by atoms with E-state index >= 15 is 0 Å². The van der Waals surface area contributed by atoms with Gasteiger partial charge in [-0.2, -0.15) is 13.2 Å². The Morgan fingerprint density at radius 1 is 1.33 bits per heavy atom. The Balaban J connectivity index is 2.21. The second kappa shape index (κ2) is 4.72. The van der Waals surface area contributed by atoms with E-state index in [-0.39, 0.29) is 24.7 Å². The Kier molecular flexibility index (Phi) is 3.58. The van der Waals surface area contributed by atoms with Gasteiger partial charge in [0.25, 0.3) is 0 Å². The highest BCUT2D eigenvalue weighted by Gasteiger charge is 2.54. The van der Waals surface area contributed by atoms with Crippen LogP contribution in [0.1, 0.15) is 19.8 Å². The van der Waals surface area contributed by atoms with Crippen LogP contribution in [0.3, 0.4) is 0 Å². The third kappa shape index (κ3) is 2.35. The van der Waals surface area contributed by atoms with Gasteiger partial charge >= 0.3 is 12.1 Å². The zero-order chi connectivity index (χ0) is 13.5. The van der Waals surface area contributed by atoms with Crippen LogP contribution in [0.4, 0.5) is 13.2 Å². The summed E-state index contributed by atoms with van der Waals surface area (Å²) >= 11 is 0. The highest BCUT2D eigenvalue weighted by Crippen LogP contribution is 2.48. The number of carbonyl (C=O) groups excluding carboxylic acids is 1. The topological polar surface area (TPSA) is 35.5 Å². The van der Waals surface area contributed by atoms with Gasteiger partial charge in [-0.25, -0.2) is 0 Å². The third-order valence-corrected chi connectivity index (χ3v) is 4.15. The lowest BCUT2D eigenvalue weighted by Crippen LogP contribution is -2.44. The maximum Gasteiger partial charge on any atom is 0.391 e. The number of fused-ring (bicyclic) bond motifs is 1. The summed E-state index contributed by atoms with van der Waals surface area (Å²) in [5, 5.41) is 0. The lowest BCUT2D eigenvalue weighted by Gasteiger charge is -2.38. The molecule has 104 valence electrons. The molecule has 5 atom stereocenters. The molecule has 0 N–H and O–H groups in total. The van der Waals surface area contributed by atoms with Gasteiger partial charge in [-0.05, 0) is 18.8 Å². The molecule has 2 rings (SSSR count). The van der Waals surface area contributed by atoms with E-state index in [2.05, 4.69) is 4.74 Å². The van der Waals surface area contributed by atoms with Crippen molar-refractivity contribution in [2.75, 3.05) is 13.7 Å². The van der Waals surface area contributed by atoms with E-state index in [0.717, 1.165) is 0 Å². The number of carbonyl (C=O) groups is 1. The Bertz CT molecular complexity index is 329. The first-order chi connectivity index (χ1) is 8.34. The molecular formula is C12H17F3O3. The van der Waals surface area contributed by atoms with Crippen molar-refractivity contribution >= 4 is 5.97 Å². The van der Waals surface area contributed by atoms with Crippen LogP contribution in [-0.4, -0.2) is 32.0 Å². The summed E-state index contributed by atoms with van der Waals surface area (Å²) in [6.07, 6.45) is -4.95. The first-order valence-electron chi connectivity index (χ1n) is 6.10. The number of rotatable bonds is 1. The van der Waals surface area contributed by atoms with Crippen LogP contribution in [0.15, 0.2) is 0 Å². The lowest BCUT2D eigenvalue weighted by atomic mass is 9.69.